The molecule has 33 heavy (non-hydrogen) atoms. The zero-order valence-corrected chi connectivity index (χ0v) is 20.5. The molecule has 0 spiro atoms. The van der Waals surface area contributed by atoms with Gasteiger partial charge in [-0.15, -0.1) is 0 Å². The van der Waals surface area contributed by atoms with E-state index in [1.165, 1.54) is 11.8 Å². The van der Waals surface area contributed by atoms with Crippen molar-refractivity contribution in [1.29, 1.82) is 0 Å². The molecule has 1 fully saturated rings. The Bertz CT molecular complexity index is 1040. The molecule has 1 N–H and O–H groups in total. The van der Waals surface area contributed by atoms with Gasteiger partial charge in [0.1, 0.15) is 0 Å². The molecule has 4 rings (SSSR count). The normalized spacial score (nSPS) is 22.1. The van der Waals surface area contributed by atoms with Crippen molar-refractivity contribution < 1.29 is 19.1 Å². The van der Waals surface area contributed by atoms with Gasteiger partial charge in [-0.1, -0.05) is 35.5 Å². The van der Waals surface area contributed by atoms with Crippen LogP contribution >= 0.6 is 11.8 Å². The number of fused-ring (bicyclic) bond motifs is 1. The average Bonchev–Trinajstić information content (AvgIpc) is 3.42. The van der Waals surface area contributed by atoms with E-state index in [9.17, 15) is 9.59 Å². The number of nitrogens with zero attached hydrogens (tertiary/aromatic N) is 2. The van der Waals surface area contributed by atoms with Gasteiger partial charge in [0.05, 0.1) is 36.4 Å². The number of rotatable bonds is 7. The van der Waals surface area contributed by atoms with Crippen LogP contribution in [-0.2, 0) is 19.1 Å². The summed E-state index contributed by atoms with van der Waals surface area (Å²) in [6.45, 7) is 9.31. The molecule has 3 heterocycles. The standard InChI is InChI=1S/C25H31N3O4S/c1-5-31-24(30)22-17(4)27-25-28(23(22)20-9-8-15(2)11-16(20)3)18(14-33-25)12-21(29)26-13-19-7-6-10-32-19/h8-9,11,14,19,23H,5-7,10,12-13H2,1-4H3,(H,26,29)/t19-,23-/m0/s1. The number of aryl methyl sites for hydroxylation is 2. The van der Waals surface area contributed by atoms with Crippen LogP contribution in [0.2, 0.25) is 0 Å². The van der Waals surface area contributed by atoms with Crippen molar-refractivity contribution in [2.45, 2.75) is 59.1 Å². The highest BCUT2D eigenvalue weighted by molar-refractivity contribution is 8.16. The molecule has 1 amide bonds. The molecule has 0 saturated carbocycles. The molecule has 0 radical (unpaired) electrons. The fourth-order valence-corrected chi connectivity index (χ4v) is 5.49. The lowest BCUT2D eigenvalue weighted by molar-refractivity contribution is -0.139. The summed E-state index contributed by atoms with van der Waals surface area (Å²) >= 11 is 1.48. The van der Waals surface area contributed by atoms with E-state index in [1.807, 2.05) is 37.1 Å². The van der Waals surface area contributed by atoms with E-state index >= 15 is 0 Å². The Morgan fingerprint density at radius 2 is 2.12 bits per heavy atom. The number of amides is 1. The number of carbonyl (C=O) groups excluding carboxylic acids is 2. The summed E-state index contributed by atoms with van der Waals surface area (Å²) < 4.78 is 11.0. The van der Waals surface area contributed by atoms with Crippen LogP contribution in [0.4, 0.5) is 0 Å². The van der Waals surface area contributed by atoms with Gasteiger partial charge in [0.25, 0.3) is 0 Å². The molecule has 0 aliphatic carbocycles. The molecular formula is C25H31N3O4S. The maximum atomic E-state index is 13.0. The van der Waals surface area contributed by atoms with Crippen LogP contribution in [-0.4, -0.2) is 47.8 Å². The molecule has 0 unspecified atom stereocenters. The number of esters is 1. The number of hydrogen-bond donors (Lipinski definition) is 1. The van der Waals surface area contributed by atoms with Crippen LogP contribution in [0, 0.1) is 13.8 Å². The molecular weight excluding hydrogens is 438 g/mol. The molecule has 0 aromatic heterocycles. The van der Waals surface area contributed by atoms with Crippen molar-refractivity contribution in [1.82, 2.24) is 10.2 Å². The Morgan fingerprint density at radius 1 is 1.30 bits per heavy atom. The Morgan fingerprint density at radius 3 is 2.82 bits per heavy atom. The summed E-state index contributed by atoms with van der Waals surface area (Å²) in [5.41, 5.74) is 5.22. The molecule has 3 aliphatic rings. The summed E-state index contributed by atoms with van der Waals surface area (Å²) in [4.78, 5) is 32.5. The predicted octanol–water partition coefficient (Wildman–Crippen LogP) is 4.13. The second kappa shape index (κ2) is 10.1. The van der Waals surface area contributed by atoms with E-state index in [0.29, 0.717) is 17.8 Å². The maximum absolute atomic E-state index is 13.0. The smallest absolute Gasteiger partial charge is 0.338 e. The van der Waals surface area contributed by atoms with Gasteiger partial charge in [0, 0.05) is 18.8 Å². The molecule has 0 bridgehead atoms. The van der Waals surface area contributed by atoms with Gasteiger partial charge < -0.3 is 19.7 Å². The van der Waals surface area contributed by atoms with Gasteiger partial charge in [0.15, 0.2) is 5.17 Å². The molecule has 1 saturated heterocycles. The second-order valence-corrected chi connectivity index (χ2v) is 9.43. The van der Waals surface area contributed by atoms with Crippen LogP contribution in [0.5, 0.6) is 0 Å². The number of ether oxygens (including phenoxy) is 2. The monoisotopic (exact) mass is 469 g/mol. The topological polar surface area (TPSA) is 80.2 Å². The van der Waals surface area contributed by atoms with Gasteiger partial charge in [-0.3, -0.25) is 4.79 Å². The number of thioether (sulfide) groups is 1. The van der Waals surface area contributed by atoms with E-state index in [4.69, 9.17) is 14.5 Å². The highest BCUT2D eigenvalue weighted by Crippen LogP contribution is 2.45. The Balaban J connectivity index is 1.63. The van der Waals surface area contributed by atoms with Crippen molar-refractivity contribution >= 4 is 28.8 Å². The first-order valence-corrected chi connectivity index (χ1v) is 12.3. The average molecular weight is 470 g/mol. The third kappa shape index (κ3) is 5.01. The molecule has 2 atom stereocenters. The first-order valence-electron chi connectivity index (χ1n) is 11.5. The molecule has 1 aromatic carbocycles. The van der Waals surface area contributed by atoms with Crippen molar-refractivity contribution in [3.63, 3.8) is 0 Å². The Labute approximate surface area is 199 Å². The minimum absolute atomic E-state index is 0.0677. The fraction of sp³-hybridized carbons (Fsp3) is 0.480. The summed E-state index contributed by atoms with van der Waals surface area (Å²) in [5.74, 6) is -0.441. The van der Waals surface area contributed by atoms with Crippen molar-refractivity contribution in [3.05, 3.63) is 57.3 Å². The van der Waals surface area contributed by atoms with Gasteiger partial charge >= 0.3 is 5.97 Å². The van der Waals surface area contributed by atoms with Gasteiger partial charge in [-0.05, 0) is 57.1 Å². The third-order valence-electron chi connectivity index (χ3n) is 6.11. The zero-order valence-electron chi connectivity index (χ0n) is 19.6. The minimum atomic E-state index is -0.399. The number of benzene rings is 1. The SMILES string of the molecule is CCOC(=O)C1=C(C)N=C2SC=C(CC(=O)NC[C@@H]3CCCO3)N2[C@H]1c1ccc(C)cc1C. The Kier molecular flexibility index (Phi) is 7.24. The number of allylic oxidation sites excluding steroid dienone is 1. The number of amidine groups is 1. The molecule has 1 aromatic rings. The molecule has 176 valence electrons. The van der Waals surface area contributed by atoms with Gasteiger partial charge in [-0.2, -0.15) is 0 Å². The molecule has 7 nitrogen and oxygen atoms in total. The number of nitrogens with one attached hydrogen (secondary N) is 1. The van der Waals surface area contributed by atoms with E-state index in [0.717, 1.165) is 47.0 Å². The molecule has 8 heteroatoms. The van der Waals surface area contributed by atoms with Gasteiger partial charge in [0.2, 0.25) is 5.91 Å². The summed E-state index contributed by atoms with van der Waals surface area (Å²) in [5, 5.41) is 5.73. The maximum Gasteiger partial charge on any atom is 0.338 e. The largest absolute Gasteiger partial charge is 0.463 e. The van der Waals surface area contributed by atoms with Crippen LogP contribution in [0.15, 0.2) is 45.6 Å². The third-order valence-corrected chi connectivity index (χ3v) is 7.00. The van der Waals surface area contributed by atoms with Crippen molar-refractivity contribution in [2.24, 2.45) is 4.99 Å². The van der Waals surface area contributed by atoms with E-state index in [-0.39, 0.29) is 31.0 Å². The lowest BCUT2D eigenvalue weighted by Gasteiger charge is -2.37. The summed E-state index contributed by atoms with van der Waals surface area (Å²) in [6.07, 6.45) is 2.31. The van der Waals surface area contributed by atoms with Crippen molar-refractivity contribution in [3.8, 4) is 0 Å². The highest BCUT2D eigenvalue weighted by Gasteiger charge is 2.41. The number of carbonyl (C=O) groups is 2. The van der Waals surface area contributed by atoms with Crippen molar-refractivity contribution in [2.75, 3.05) is 19.8 Å². The predicted molar refractivity (Wildman–Crippen MR) is 130 cm³/mol. The van der Waals surface area contributed by atoms with Crippen LogP contribution < -0.4 is 5.32 Å². The number of hydrogen-bond acceptors (Lipinski definition) is 7. The van der Waals surface area contributed by atoms with E-state index in [1.54, 1.807) is 6.92 Å². The lowest BCUT2D eigenvalue weighted by Crippen LogP contribution is -2.39. The Hall–Kier alpha value is -2.58. The summed E-state index contributed by atoms with van der Waals surface area (Å²) in [7, 11) is 0. The van der Waals surface area contributed by atoms with Crippen LogP contribution in [0.3, 0.4) is 0 Å². The lowest BCUT2D eigenvalue weighted by atomic mass is 9.90. The van der Waals surface area contributed by atoms with Crippen LogP contribution in [0.1, 0.15) is 55.8 Å². The second-order valence-electron chi connectivity index (χ2n) is 8.59. The minimum Gasteiger partial charge on any atom is -0.463 e. The quantitative estimate of drug-likeness (QED) is 0.605. The van der Waals surface area contributed by atoms with E-state index < -0.39 is 6.04 Å². The highest BCUT2D eigenvalue weighted by atomic mass is 32.2. The zero-order chi connectivity index (χ0) is 23.5. The first kappa shape index (κ1) is 23.6. The summed E-state index contributed by atoms with van der Waals surface area (Å²) in [6, 6.07) is 5.82. The first-order chi connectivity index (χ1) is 15.9. The van der Waals surface area contributed by atoms with E-state index in [2.05, 4.69) is 17.4 Å². The number of aliphatic imine (C=N–C) groups is 1. The van der Waals surface area contributed by atoms with Gasteiger partial charge in [-0.25, -0.2) is 9.79 Å². The van der Waals surface area contributed by atoms with Crippen LogP contribution in [0.25, 0.3) is 0 Å². The molecule has 3 aliphatic heterocycles. The fourth-order valence-electron chi connectivity index (χ4n) is 4.53.